The number of aromatic nitrogens is 2. The summed E-state index contributed by atoms with van der Waals surface area (Å²) in [6, 6.07) is 14.7. The zero-order valence-electron chi connectivity index (χ0n) is 15.9. The highest BCUT2D eigenvalue weighted by Gasteiger charge is 2.19. The number of fused-ring (bicyclic) bond motifs is 1. The lowest BCUT2D eigenvalue weighted by molar-refractivity contribution is -0.155. The Balaban J connectivity index is 1.79. The van der Waals surface area contributed by atoms with Crippen LogP contribution in [0.15, 0.2) is 48.5 Å². The topological polar surface area (TPSA) is 70.4 Å². The maximum Gasteiger partial charge on any atom is 0.338 e. The molecular weight excluding hydrogens is 471 g/mol. The van der Waals surface area contributed by atoms with E-state index in [9.17, 15) is 9.59 Å². The average Bonchev–Trinajstić information content (AvgIpc) is 2.94. The molecule has 1 heterocycles. The van der Waals surface area contributed by atoms with Crippen molar-refractivity contribution in [2.75, 3.05) is 0 Å². The van der Waals surface area contributed by atoms with Crippen molar-refractivity contribution in [2.45, 2.75) is 39.5 Å². The first kappa shape index (κ1) is 20.3. The number of hydrogen-bond donors (Lipinski definition) is 0. The maximum absolute atomic E-state index is 12.4. The Hall–Kier alpha value is -2.42. The normalized spacial score (nSPS) is 11.4. The van der Waals surface area contributed by atoms with E-state index in [4.69, 9.17) is 9.47 Å². The van der Waals surface area contributed by atoms with Gasteiger partial charge in [-0.1, -0.05) is 30.3 Å². The van der Waals surface area contributed by atoms with Gasteiger partial charge in [0, 0.05) is 5.39 Å². The van der Waals surface area contributed by atoms with Crippen molar-refractivity contribution in [3.63, 3.8) is 0 Å². The minimum atomic E-state index is -0.570. The first-order valence-corrected chi connectivity index (χ1v) is 9.90. The van der Waals surface area contributed by atoms with Crippen LogP contribution < -0.4 is 0 Å². The number of carbonyl (C=O) groups is 2. The van der Waals surface area contributed by atoms with Gasteiger partial charge in [0.05, 0.1) is 11.1 Å². The first-order chi connectivity index (χ1) is 13.2. The Morgan fingerprint density at radius 3 is 2.50 bits per heavy atom. The van der Waals surface area contributed by atoms with E-state index < -0.39 is 11.6 Å². The first-order valence-electron chi connectivity index (χ1n) is 8.82. The van der Waals surface area contributed by atoms with Gasteiger partial charge >= 0.3 is 11.9 Å². The number of nitrogens with zero attached hydrogens (tertiary/aromatic N) is 2. The van der Waals surface area contributed by atoms with Crippen LogP contribution >= 0.6 is 22.6 Å². The highest BCUT2D eigenvalue weighted by atomic mass is 127. The van der Waals surface area contributed by atoms with Gasteiger partial charge in [-0.25, -0.2) is 4.79 Å². The molecule has 0 aliphatic heterocycles. The lowest BCUT2D eigenvalue weighted by Crippen LogP contribution is -2.26. The van der Waals surface area contributed by atoms with Gasteiger partial charge in [0.2, 0.25) is 0 Å². The fourth-order valence-electron chi connectivity index (χ4n) is 2.68. The molecule has 3 rings (SSSR count). The number of rotatable bonds is 5. The minimum absolute atomic E-state index is 0.0285. The molecule has 0 aliphatic carbocycles. The van der Waals surface area contributed by atoms with Crippen LogP contribution in [0.4, 0.5) is 0 Å². The lowest BCUT2D eigenvalue weighted by atomic mass is 10.1. The SMILES string of the molecule is CC(C)(C)OC(=O)Cn1nc(I)c2ccc(C(=O)OCc3ccccc3)cc21. The van der Waals surface area contributed by atoms with Crippen molar-refractivity contribution in [1.82, 2.24) is 9.78 Å². The van der Waals surface area contributed by atoms with E-state index in [2.05, 4.69) is 27.7 Å². The van der Waals surface area contributed by atoms with Gasteiger partial charge in [-0.3, -0.25) is 9.48 Å². The van der Waals surface area contributed by atoms with Crippen LogP contribution in [-0.4, -0.2) is 27.3 Å². The van der Waals surface area contributed by atoms with E-state index in [0.29, 0.717) is 11.1 Å². The van der Waals surface area contributed by atoms with Crippen molar-refractivity contribution in [3.8, 4) is 0 Å². The third-order valence-corrected chi connectivity index (χ3v) is 4.65. The van der Waals surface area contributed by atoms with E-state index in [0.717, 1.165) is 14.7 Å². The summed E-state index contributed by atoms with van der Waals surface area (Å²) < 4.78 is 13.1. The van der Waals surface area contributed by atoms with Crippen LogP contribution in [0.5, 0.6) is 0 Å². The second kappa shape index (κ2) is 8.30. The molecule has 0 amide bonds. The number of carbonyl (C=O) groups excluding carboxylic acids is 2. The summed E-state index contributed by atoms with van der Waals surface area (Å²) in [5.74, 6) is -0.809. The molecule has 0 aliphatic rings. The second-order valence-electron chi connectivity index (χ2n) is 7.33. The van der Waals surface area contributed by atoms with E-state index in [1.165, 1.54) is 0 Å². The lowest BCUT2D eigenvalue weighted by Gasteiger charge is -2.19. The number of ether oxygens (including phenoxy) is 2. The third-order valence-electron chi connectivity index (χ3n) is 3.85. The predicted molar refractivity (Wildman–Crippen MR) is 114 cm³/mol. The quantitative estimate of drug-likeness (QED) is 0.392. The summed E-state index contributed by atoms with van der Waals surface area (Å²) >= 11 is 2.11. The van der Waals surface area contributed by atoms with Gasteiger partial charge in [-0.15, -0.1) is 0 Å². The number of benzene rings is 2. The van der Waals surface area contributed by atoms with E-state index in [-0.39, 0.29) is 19.1 Å². The van der Waals surface area contributed by atoms with Crippen LogP contribution in [0.3, 0.4) is 0 Å². The van der Waals surface area contributed by atoms with Crippen molar-refractivity contribution in [2.24, 2.45) is 0 Å². The summed E-state index contributed by atoms with van der Waals surface area (Å²) in [6.07, 6.45) is 0. The summed E-state index contributed by atoms with van der Waals surface area (Å²) in [5.41, 5.74) is 1.44. The standard InChI is InChI=1S/C21H21IN2O4/c1-21(2,3)28-18(25)12-24-17-11-15(9-10-16(17)19(22)23-24)20(26)27-13-14-7-5-4-6-8-14/h4-11H,12-13H2,1-3H3. The van der Waals surface area contributed by atoms with Crippen LogP contribution in [-0.2, 0) is 27.4 Å². The van der Waals surface area contributed by atoms with Gasteiger partial charge in [0.15, 0.2) is 0 Å². The number of halogens is 1. The largest absolute Gasteiger partial charge is 0.459 e. The molecule has 0 atom stereocenters. The van der Waals surface area contributed by atoms with Gasteiger partial charge in [-0.2, -0.15) is 5.10 Å². The molecule has 6 nitrogen and oxygen atoms in total. The summed E-state index contributed by atoms with van der Waals surface area (Å²) in [4.78, 5) is 24.6. The molecule has 0 unspecified atom stereocenters. The average molecular weight is 492 g/mol. The molecule has 7 heteroatoms. The van der Waals surface area contributed by atoms with E-state index >= 15 is 0 Å². The monoisotopic (exact) mass is 492 g/mol. The fourth-order valence-corrected chi connectivity index (χ4v) is 3.40. The molecule has 2 aromatic carbocycles. The zero-order valence-corrected chi connectivity index (χ0v) is 18.1. The molecular formula is C21H21IN2O4. The Morgan fingerprint density at radius 1 is 1.11 bits per heavy atom. The highest BCUT2D eigenvalue weighted by molar-refractivity contribution is 14.1. The highest BCUT2D eigenvalue weighted by Crippen LogP contribution is 2.23. The van der Waals surface area contributed by atoms with Crippen molar-refractivity contribution < 1.29 is 19.1 Å². The van der Waals surface area contributed by atoms with E-state index in [1.807, 2.05) is 57.2 Å². The van der Waals surface area contributed by atoms with E-state index in [1.54, 1.807) is 16.8 Å². The molecule has 0 bridgehead atoms. The van der Waals surface area contributed by atoms with Crippen LogP contribution in [0, 0.1) is 3.70 Å². The molecule has 1 aromatic heterocycles. The van der Waals surface area contributed by atoms with Gasteiger partial charge in [0.25, 0.3) is 0 Å². The molecule has 0 N–H and O–H groups in total. The maximum atomic E-state index is 12.4. The van der Waals surface area contributed by atoms with Crippen molar-refractivity contribution in [1.29, 1.82) is 0 Å². The van der Waals surface area contributed by atoms with Gasteiger partial charge in [-0.05, 0) is 67.1 Å². The molecule has 28 heavy (non-hydrogen) atoms. The Labute approximate surface area is 177 Å². The smallest absolute Gasteiger partial charge is 0.338 e. The molecule has 146 valence electrons. The molecule has 0 radical (unpaired) electrons. The summed E-state index contributed by atoms with van der Waals surface area (Å²) in [5, 5.41) is 5.27. The van der Waals surface area contributed by atoms with Crippen molar-refractivity contribution >= 4 is 45.4 Å². The minimum Gasteiger partial charge on any atom is -0.459 e. The molecule has 0 spiro atoms. The molecule has 0 saturated heterocycles. The molecule has 3 aromatic rings. The second-order valence-corrected chi connectivity index (χ2v) is 8.35. The molecule has 0 saturated carbocycles. The Kier molecular flexibility index (Phi) is 6.02. The van der Waals surface area contributed by atoms with Crippen LogP contribution in [0.25, 0.3) is 10.9 Å². The fraction of sp³-hybridized carbons (Fsp3) is 0.286. The summed E-state index contributed by atoms with van der Waals surface area (Å²) in [7, 11) is 0. The Bertz CT molecular complexity index is 1010. The Morgan fingerprint density at radius 2 is 1.82 bits per heavy atom. The number of hydrogen-bond acceptors (Lipinski definition) is 5. The summed E-state index contributed by atoms with van der Waals surface area (Å²) in [6.45, 7) is 5.62. The van der Waals surface area contributed by atoms with Gasteiger partial charge in [0.1, 0.15) is 22.5 Å². The van der Waals surface area contributed by atoms with Crippen LogP contribution in [0.1, 0.15) is 36.7 Å². The van der Waals surface area contributed by atoms with Gasteiger partial charge < -0.3 is 9.47 Å². The predicted octanol–water partition coefficient (Wildman–Crippen LogP) is 4.34. The van der Waals surface area contributed by atoms with Crippen LogP contribution in [0.2, 0.25) is 0 Å². The number of esters is 2. The third kappa shape index (κ3) is 5.09. The van der Waals surface area contributed by atoms with Crippen molar-refractivity contribution in [3.05, 3.63) is 63.4 Å². The molecule has 0 fully saturated rings. The zero-order chi connectivity index (χ0) is 20.3.